The van der Waals surface area contributed by atoms with Gasteiger partial charge in [0, 0.05) is 24.1 Å². The molecule has 0 amide bonds. The van der Waals surface area contributed by atoms with Crippen LogP contribution < -0.4 is 10.1 Å². The van der Waals surface area contributed by atoms with E-state index in [1.165, 1.54) is 0 Å². The van der Waals surface area contributed by atoms with E-state index in [-0.39, 0.29) is 0 Å². The molecule has 0 aliphatic heterocycles. The lowest BCUT2D eigenvalue weighted by Crippen LogP contribution is -2.22. The summed E-state index contributed by atoms with van der Waals surface area (Å²) in [7, 11) is 3.37. The molecule has 0 radical (unpaired) electrons. The van der Waals surface area contributed by atoms with Crippen LogP contribution in [-0.4, -0.2) is 20.3 Å². The summed E-state index contributed by atoms with van der Waals surface area (Å²) in [4.78, 5) is 0. The topological polar surface area (TPSA) is 43.6 Å². The fourth-order valence-corrected chi connectivity index (χ4v) is 2.30. The molecule has 0 spiro atoms. The zero-order valence-corrected chi connectivity index (χ0v) is 12.9. The SMILES string of the molecule is COCc1c(CNC(C)C)oc2c(OC)cc(C)cc12. The van der Waals surface area contributed by atoms with Gasteiger partial charge >= 0.3 is 0 Å². The minimum absolute atomic E-state index is 0.405. The van der Waals surface area contributed by atoms with Crippen molar-refractivity contribution in [3.05, 3.63) is 29.0 Å². The van der Waals surface area contributed by atoms with Gasteiger partial charge in [-0.3, -0.25) is 0 Å². The van der Waals surface area contributed by atoms with Gasteiger partial charge in [0.2, 0.25) is 0 Å². The molecule has 110 valence electrons. The van der Waals surface area contributed by atoms with Crippen molar-refractivity contribution in [1.82, 2.24) is 5.32 Å². The zero-order valence-electron chi connectivity index (χ0n) is 12.9. The molecule has 0 saturated carbocycles. The van der Waals surface area contributed by atoms with E-state index in [9.17, 15) is 0 Å². The highest BCUT2D eigenvalue weighted by Crippen LogP contribution is 2.34. The Labute approximate surface area is 120 Å². The Morgan fingerprint density at radius 2 is 2.00 bits per heavy atom. The van der Waals surface area contributed by atoms with Crippen molar-refractivity contribution in [3.8, 4) is 5.75 Å². The Hall–Kier alpha value is -1.52. The molecule has 0 unspecified atom stereocenters. The lowest BCUT2D eigenvalue weighted by molar-refractivity contribution is 0.183. The van der Waals surface area contributed by atoms with E-state index < -0.39 is 0 Å². The van der Waals surface area contributed by atoms with Crippen LogP contribution in [0.1, 0.15) is 30.7 Å². The maximum absolute atomic E-state index is 6.01. The minimum Gasteiger partial charge on any atom is -0.493 e. The number of benzene rings is 1. The maximum Gasteiger partial charge on any atom is 0.176 e. The molecule has 20 heavy (non-hydrogen) atoms. The summed E-state index contributed by atoms with van der Waals surface area (Å²) in [5.41, 5.74) is 3.04. The zero-order chi connectivity index (χ0) is 14.7. The van der Waals surface area contributed by atoms with Crippen LogP contribution in [0.25, 0.3) is 11.0 Å². The van der Waals surface area contributed by atoms with Crippen molar-refractivity contribution in [2.75, 3.05) is 14.2 Å². The summed E-state index contributed by atoms with van der Waals surface area (Å²) < 4.78 is 16.8. The minimum atomic E-state index is 0.405. The number of furan rings is 1. The van der Waals surface area contributed by atoms with Gasteiger partial charge in [-0.25, -0.2) is 0 Å². The fraction of sp³-hybridized carbons (Fsp3) is 0.500. The third-order valence-electron chi connectivity index (χ3n) is 3.27. The molecule has 0 fully saturated rings. The number of aryl methyl sites for hydroxylation is 1. The van der Waals surface area contributed by atoms with E-state index >= 15 is 0 Å². The van der Waals surface area contributed by atoms with E-state index in [2.05, 4.69) is 32.2 Å². The van der Waals surface area contributed by atoms with Gasteiger partial charge in [0.05, 0.1) is 20.3 Å². The quantitative estimate of drug-likeness (QED) is 0.879. The van der Waals surface area contributed by atoms with Crippen molar-refractivity contribution in [1.29, 1.82) is 0 Å². The molecule has 0 saturated heterocycles. The Kier molecular flexibility index (Phi) is 4.68. The van der Waals surface area contributed by atoms with Crippen molar-refractivity contribution < 1.29 is 13.9 Å². The van der Waals surface area contributed by atoms with Gasteiger partial charge in [-0.2, -0.15) is 0 Å². The summed E-state index contributed by atoms with van der Waals surface area (Å²) in [5.74, 6) is 1.69. The largest absolute Gasteiger partial charge is 0.493 e. The van der Waals surface area contributed by atoms with E-state index in [1.807, 2.05) is 6.07 Å². The van der Waals surface area contributed by atoms with E-state index in [1.54, 1.807) is 14.2 Å². The molecule has 1 N–H and O–H groups in total. The van der Waals surface area contributed by atoms with Crippen LogP contribution in [-0.2, 0) is 17.9 Å². The van der Waals surface area contributed by atoms with Crippen LogP contribution in [0.4, 0.5) is 0 Å². The lowest BCUT2D eigenvalue weighted by Gasteiger charge is -2.07. The summed E-state index contributed by atoms with van der Waals surface area (Å²) >= 11 is 0. The smallest absolute Gasteiger partial charge is 0.176 e. The molecule has 0 aliphatic carbocycles. The van der Waals surface area contributed by atoms with Crippen molar-refractivity contribution in [3.63, 3.8) is 0 Å². The number of ether oxygens (including phenoxy) is 2. The van der Waals surface area contributed by atoms with Crippen molar-refractivity contribution >= 4 is 11.0 Å². The molecule has 1 aromatic carbocycles. The van der Waals surface area contributed by atoms with Crippen LogP contribution in [0.15, 0.2) is 16.5 Å². The van der Waals surface area contributed by atoms with E-state index in [4.69, 9.17) is 13.9 Å². The van der Waals surface area contributed by atoms with Gasteiger partial charge in [0.25, 0.3) is 0 Å². The van der Waals surface area contributed by atoms with Gasteiger partial charge in [0.1, 0.15) is 5.76 Å². The summed E-state index contributed by atoms with van der Waals surface area (Å²) in [6.07, 6.45) is 0. The predicted molar refractivity (Wildman–Crippen MR) is 80.2 cm³/mol. The number of hydrogen-bond donors (Lipinski definition) is 1. The number of rotatable bonds is 6. The Balaban J connectivity index is 2.53. The maximum atomic E-state index is 6.01. The average Bonchev–Trinajstić information content (AvgIpc) is 2.74. The Morgan fingerprint density at radius 1 is 1.25 bits per heavy atom. The second-order valence-corrected chi connectivity index (χ2v) is 5.32. The molecular weight excluding hydrogens is 254 g/mol. The van der Waals surface area contributed by atoms with Crippen LogP contribution in [0.3, 0.4) is 0 Å². The molecule has 4 heteroatoms. The molecule has 0 aliphatic rings. The summed E-state index contributed by atoms with van der Waals surface area (Å²) in [6, 6.07) is 4.51. The van der Waals surface area contributed by atoms with E-state index in [0.29, 0.717) is 19.2 Å². The van der Waals surface area contributed by atoms with Crippen LogP contribution in [0.2, 0.25) is 0 Å². The first-order chi connectivity index (χ1) is 9.56. The highest BCUT2D eigenvalue weighted by atomic mass is 16.5. The number of hydrogen-bond acceptors (Lipinski definition) is 4. The van der Waals surface area contributed by atoms with Crippen LogP contribution >= 0.6 is 0 Å². The van der Waals surface area contributed by atoms with Gasteiger partial charge in [-0.15, -0.1) is 0 Å². The first kappa shape index (κ1) is 14.9. The third-order valence-corrected chi connectivity index (χ3v) is 3.27. The molecule has 4 nitrogen and oxygen atoms in total. The first-order valence-electron chi connectivity index (χ1n) is 6.88. The van der Waals surface area contributed by atoms with Gasteiger partial charge < -0.3 is 19.2 Å². The summed E-state index contributed by atoms with van der Waals surface area (Å²) in [5, 5.41) is 4.46. The van der Waals surface area contributed by atoms with E-state index in [0.717, 1.165) is 33.6 Å². The molecule has 0 atom stereocenters. The Morgan fingerprint density at radius 3 is 2.60 bits per heavy atom. The van der Waals surface area contributed by atoms with Gasteiger partial charge in [-0.05, 0) is 24.6 Å². The molecule has 1 heterocycles. The highest BCUT2D eigenvalue weighted by molar-refractivity contribution is 5.88. The van der Waals surface area contributed by atoms with Gasteiger partial charge in [0.15, 0.2) is 11.3 Å². The molecule has 1 aromatic heterocycles. The Bertz CT molecular complexity index is 587. The molecule has 0 bridgehead atoms. The van der Waals surface area contributed by atoms with Crippen molar-refractivity contribution in [2.45, 2.75) is 40.0 Å². The average molecular weight is 277 g/mol. The number of methoxy groups -OCH3 is 2. The number of fused-ring (bicyclic) bond motifs is 1. The normalized spacial score (nSPS) is 11.5. The lowest BCUT2D eigenvalue weighted by atomic mass is 10.1. The molecule has 2 rings (SSSR count). The second kappa shape index (κ2) is 6.29. The highest BCUT2D eigenvalue weighted by Gasteiger charge is 2.17. The molecular formula is C16H23NO3. The fourth-order valence-electron chi connectivity index (χ4n) is 2.30. The predicted octanol–water partition coefficient (Wildman–Crippen LogP) is 3.39. The molecule has 2 aromatic rings. The van der Waals surface area contributed by atoms with Crippen LogP contribution in [0.5, 0.6) is 5.75 Å². The van der Waals surface area contributed by atoms with Crippen LogP contribution in [0, 0.1) is 6.92 Å². The van der Waals surface area contributed by atoms with Crippen molar-refractivity contribution in [2.24, 2.45) is 0 Å². The second-order valence-electron chi connectivity index (χ2n) is 5.32. The van der Waals surface area contributed by atoms with Gasteiger partial charge in [-0.1, -0.05) is 13.8 Å². The number of nitrogens with one attached hydrogen (secondary N) is 1. The summed E-state index contributed by atoms with van der Waals surface area (Å²) in [6.45, 7) is 7.51. The third kappa shape index (κ3) is 2.97. The first-order valence-corrected chi connectivity index (χ1v) is 6.88. The monoisotopic (exact) mass is 277 g/mol. The standard InChI is InChI=1S/C16H23NO3/c1-10(2)17-8-15-13(9-18-4)12-6-11(3)7-14(19-5)16(12)20-15/h6-7,10,17H,8-9H2,1-5H3.